The molecule has 2 aliphatic rings. The summed E-state index contributed by atoms with van der Waals surface area (Å²) >= 11 is 0. The molecule has 0 saturated carbocycles. The lowest BCUT2D eigenvalue weighted by Crippen LogP contribution is -2.38. The second kappa shape index (κ2) is 9.99. The second-order valence-corrected chi connectivity index (χ2v) is 9.11. The Kier molecular flexibility index (Phi) is 6.65. The topological polar surface area (TPSA) is 66.8 Å². The zero-order valence-electron chi connectivity index (χ0n) is 19.7. The lowest BCUT2D eigenvalue weighted by molar-refractivity contribution is -0.122. The minimum atomic E-state index is -0.355. The molecule has 0 spiro atoms. The van der Waals surface area contributed by atoms with Gasteiger partial charge in [-0.25, -0.2) is 0 Å². The van der Waals surface area contributed by atoms with Gasteiger partial charge in [0, 0.05) is 67.6 Å². The average molecular weight is 461 g/mol. The van der Waals surface area contributed by atoms with Crippen LogP contribution >= 0.6 is 0 Å². The molecule has 7 nitrogen and oxygen atoms in total. The first-order valence-electron chi connectivity index (χ1n) is 12.2. The van der Waals surface area contributed by atoms with Gasteiger partial charge in [-0.1, -0.05) is 25.1 Å². The second-order valence-electron chi connectivity index (χ2n) is 9.11. The number of rotatable bonds is 7. The Hall–Kier alpha value is -3.16. The SMILES string of the molecule is CCc1ccccc1N1CC(C(=O)Nc2ccc3c(ccn3CCN3CCOCC3)c2)CC1=O. The Bertz CT molecular complexity index is 1180. The summed E-state index contributed by atoms with van der Waals surface area (Å²) in [5, 5.41) is 4.14. The molecule has 5 rings (SSSR count). The summed E-state index contributed by atoms with van der Waals surface area (Å²) in [6, 6.07) is 16.1. The molecular weight excluding hydrogens is 428 g/mol. The number of carbonyl (C=O) groups excluding carboxylic acids is 2. The Morgan fingerprint density at radius 1 is 1.09 bits per heavy atom. The summed E-state index contributed by atoms with van der Waals surface area (Å²) < 4.78 is 7.69. The fraction of sp³-hybridized carbons (Fsp3) is 0.407. The first kappa shape index (κ1) is 22.6. The Morgan fingerprint density at radius 2 is 1.91 bits per heavy atom. The maximum Gasteiger partial charge on any atom is 0.229 e. The molecule has 1 aromatic heterocycles. The number of aromatic nitrogens is 1. The van der Waals surface area contributed by atoms with E-state index in [1.54, 1.807) is 4.90 Å². The number of para-hydroxylation sites is 1. The Morgan fingerprint density at radius 3 is 2.74 bits per heavy atom. The van der Waals surface area contributed by atoms with Gasteiger partial charge in [0.15, 0.2) is 0 Å². The summed E-state index contributed by atoms with van der Waals surface area (Å²) in [5.41, 5.74) is 3.97. The van der Waals surface area contributed by atoms with Gasteiger partial charge in [0.2, 0.25) is 11.8 Å². The maximum atomic E-state index is 13.0. The number of anilines is 2. The third kappa shape index (κ3) is 4.72. The number of nitrogens with one attached hydrogen (secondary N) is 1. The smallest absolute Gasteiger partial charge is 0.229 e. The maximum absolute atomic E-state index is 13.0. The molecule has 1 atom stereocenters. The van der Waals surface area contributed by atoms with Gasteiger partial charge in [-0.2, -0.15) is 0 Å². The van der Waals surface area contributed by atoms with Gasteiger partial charge in [0.05, 0.1) is 19.1 Å². The molecule has 34 heavy (non-hydrogen) atoms. The number of carbonyl (C=O) groups is 2. The van der Waals surface area contributed by atoms with E-state index in [-0.39, 0.29) is 24.2 Å². The summed E-state index contributed by atoms with van der Waals surface area (Å²) in [5.74, 6) is -0.448. The van der Waals surface area contributed by atoms with Crippen LogP contribution in [0, 0.1) is 5.92 Å². The highest BCUT2D eigenvalue weighted by Gasteiger charge is 2.35. The molecule has 7 heteroatoms. The van der Waals surface area contributed by atoms with Crippen LogP contribution in [0.2, 0.25) is 0 Å². The number of amides is 2. The lowest BCUT2D eigenvalue weighted by Gasteiger charge is -2.26. The highest BCUT2D eigenvalue weighted by Crippen LogP contribution is 2.29. The van der Waals surface area contributed by atoms with Crippen molar-refractivity contribution in [3.8, 4) is 0 Å². The highest BCUT2D eigenvalue weighted by atomic mass is 16.5. The van der Waals surface area contributed by atoms with E-state index >= 15 is 0 Å². The number of aryl methyl sites for hydroxylation is 1. The first-order valence-corrected chi connectivity index (χ1v) is 12.2. The van der Waals surface area contributed by atoms with E-state index in [1.165, 1.54) is 0 Å². The van der Waals surface area contributed by atoms with Crippen molar-refractivity contribution in [2.75, 3.05) is 49.6 Å². The van der Waals surface area contributed by atoms with Crippen LogP contribution in [0.5, 0.6) is 0 Å². The van der Waals surface area contributed by atoms with Crippen LogP contribution in [-0.4, -0.2) is 60.7 Å². The van der Waals surface area contributed by atoms with Crippen molar-refractivity contribution >= 4 is 34.1 Å². The fourth-order valence-electron chi connectivity index (χ4n) is 4.98. The van der Waals surface area contributed by atoms with Crippen molar-refractivity contribution in [3.63, 3.8) is 0 Å². The van der Waals surface area contributed by atoms with Gasteiger partial charge in [0.25, 0.3) is 0 Å². The molecule has 3 heterocycles. The van der Waals surface area contributed by atoms with Crippen molar-refractivity contribution in [2.24, 2.45) is 5.92 Å². The number of morpholine rings is 1. The summed E-state index contributed by atoms with van der Waals surface area (Å²) in [7, 11) is 0. The summed E-state index contributed by atoms with van der Waals surface area (Å²) in [6.45, 7) is 8.02. The standard InChI is InChI=1S/C27H32N4O3/c1-2-20-5-3-4-6-25(20)31-19-22(18-26(31)32)27(33)28-23-7-8-24-21(17-23)9-10-30(24)12-11-29-13-15-34-16-14-29/h3-10,17,22H,2,11-16,18-19H2,1H3,(H,28,33). The third-order valence-corrected chi connectivity index (χ3v) is 6.96. The molecule has 0 bridgehead atoms. The average Bonchev–Trinajstić information content (AvgIpc) is 3.46. The van der Waals surface area contributed by atoms with Gasteiger partial charge >= 0.3 is 0 Å². The molecule has 1 N–H and O–H groups in total. The molecule has 3 aromatic rings. The van der Waals surface area contributed by atoms with E-state index < -0.39 is 0 Å². The quantitative estimate of drug-likeness (QED) is 0.586. The van der Waals surface area contributed by atoms with E-state index in [9.17, 15) is 9.59 Å². The lowest BCUT2D eigenvalue weighted by atomic mass is 10.1. The van der Waals surface area contributed by atoms with Gasteiger partial charge in [0.1, 0.15) is 0 Å². The largest absolute Gasteiger partial charge is 0.379 e. The molecule has 2 fully saturated rings. The third-order valence-electron chi connectivity index (χ3n) is 6.96. The zero-order chi connectivity index (χ0) is 23.5. The Labute approximate surface area is 200 Å². The van der Waals surface area contributed by atoms with Crippen LogP contribution in [0.3, 0.4) is 0 Å². The van der Waals surface area contributed by atoms with E-state index in [2.05, 4.69) is 40.0 Å². The van der Waals surface area contributed by atoms with Gasteiger partial charge in [-0.05, 0) is 42.3 Å². The van der Waals surface area contributed by atoms with Crippen LogP contribution in [-0.2, 0) is 27.3 Å². The highest BCUT2D eigenvalue weighted by molar-refractivity contribution is 6.04. The molecule has 0 radical (unpaired) electrons. The molecule has 178 valence electrons. The number of ether oxygens (including phenoxy) is 1. The van der Waals surface area contributed by atoms with E-state index in [1.807, 2.05) is 36.4 Å². The predicted molar refractivity (Wildman–Crippen MR) is 134 cm³/mol. The minimum absolute atomic E-state index is 0.00819. The van der Waals surface area contributed by atoms with E-state index in [0.29, 0.717) is 6.54 Å². The van der Waals surface area contributed by atoms with Crippen molar-refractivity contribution in [2.45, 2.75) is 26.3 Å². The van der Waals surface area contributed by atoms with Crippen molar-refractivity contribution < 1.29 is 14.3 Å². The van der Waals surface area contributed by atoms with Crippen LogP contribution in [0.4, 0.5) is 11.4 Å². The molecule has 2 aromatic carbocycles. The fourth-order valence-corrected chi connectivity index (χ4v) is 4.98. The number of nitrogens with zero attached hydrogens (tertiary/aromatic N) is 3. The van der Waals surface area contributed by atoms with Gasteiger partial charge in [-0.15, -0.1) is 0 Å². The van der Waals surface area contributed by atoms with Gasteiger partial charge < -0.3 is 19.5 Å². The zero-order valence-corrected chi connectivity index (χ0v) is 19.7. The predicted octanol–water partition coefficient (Wildman–Crippen LogP) is 3.53. The monoisotopic (exact) mass is 460 g/mol. The number of hydrogen-bond donors (Lipinski definition) is 1. The number of benzene rings is 2. The van der Waals surface area contributed by atoms with E-state index in [0.717, 1.165) is 73.7 Å². The van der Waals surface area contributed by atoms with Crippen molar-refractivity contribution in [3.05, 3.63) is 60.3 Å². The van der Waals surface area contributed by atoms with Crippen LogP contribution in [0.1, 0.15) is 18.9 Å². The van der Waals surface area contributed by atoms with Crippen molar-refractivity contribution in [1.82, 2.24) is 9.47 Å². The molecule has 2 saturated heterocycles. The van der Waals surface area contributed by atoms with Crippen LogP contribution < -0.4 is 10.2 Å². The number of fused-ring (bicyclic) bond motifs is 1. The van der Waals surface area contributed by atoms with Crippen molar-refractivity contribution in [1.29, 1.82) is 0 Å². The normalized spacial score (nSPS) is 19.1. The summed E-state index contributed by atoms with van der Waals surface area (Å²) in [4.78, 5) is 29.9. The number of hydrogen-bond acceptors (Lipinski definition) is 4. The summed E-state index contributed by atoms with van der Waals surface area (Å²) in [6.07, 6.45) is 3.20. The van der Waals surface area contributed by atoms with Crippen LogP contribution in [0.25, 0.3) is 10.9 Å². The molecule has 2 aliphatic heterocycles. The first-order chi connectivity index (χ1) is 16.6. The Balaban J connectivity index is 1.22. The minimum Gasteiger partial charge on any atom is -0.379 e. The molecule has 1 unspecified atom stereocenters. The molecular formula is C27H32N4O3. The molecule has 0 aliphatic carbocycles. The molecule has 2 amide bonds. The van der Waals surface area contributed by atoms with E-state index in [4.69, 9.17) is 4.74 Å². The van der Waals surface area contributed by atoms with Crippen LogP contribution in [0.15, 0.2) is 54.7 Å². The van der Waals surface area contributed by atoms with Gasteiger partial charge in [-0.3, -0.25) is 14.5 Å².